The van der Waals surface area contributed by atoms with E-state index >= 15 is 8.78 Å². The van der Waals surface area contributed by atoms with Crippen molar-refractivity contribution in [3.8, 4) is 22.6 Å². The highest BCUT2D eigenvalue weighted by atomic mass is 19.2. The Morgan fingerprint density at radius 1 is 0.850 bits per heavy atom. The SMILES string of the molecule is C=CCCOc1ccc(OCc2ccc(-c3ccc(C4CCC(C(O)CCC)CC4)c(F)c3F)cc2)c(F)c1F. The average Bonchev–Trinajstić information content (AvgIpc) is 2.97. The van der Waals surface area contributed by atoms with Gasteiger partial charge in [0.15, 0.2) is 23.1 Å². The molecule has 0 bridgehead atoms. The highest BCUT2D eigenvalue weighted by Gasteiger charge is 2.29. The van der Waals surface area contributed by atoms with Crippen molar-refractivity contribution in [2.45, 2.75) is 70.5 Å². The third kappa shape index (κ3) is 6.87. The van der Waals surface area contributed by atoms with Gasteiger partial charge in [-0.1, -0.05) is 55.8 Å². The van der Waals surface area contributed by atoms with Gasteiger partial charge in [0.25, 0.3) is 0 Å². The van der Waals surface area contributed by atoms with E-state index in [1.54, 1.807) is 42.5 Å². The number of hydrogen-bond acceptors (Lipinski definition) is 3. The highest BCUT2D eigenvalue weighted by Crippen LogP contribution is 2.40. The largest absolute Gasteiger partial charge is 0.490 e. The molecule has 0 aromatic heterocycles. The summed E-state index contributed by atoms with van der Waals surface area (Å²) < 4.78 is 69.7. The van der Waals surface area contributed by atoms with Crippen LogP contribution in [0.4, 0.5) is 17.6 Å². The molecule has 0 aliphatic heterocycles. The molecule has 1 fully saturated rings. The lowest BCUT2D eigenvalue weighted by Gasteiger charge is -2.32. The molecular weight excluding hydrogens is 520 g/mol. The third-order valence-corrected chi connectivity index (χ3v) is 7.70. The topological polar surface area (TPSA) is 38.7 Å². The number of ether oxygens (including phenoxy) is 2. The molecule has 0 heterocycles. The van der Waals surface area contributed by atoms with Crippen LogP contribution < -0.4 is 9.47 Å². The third-order valence-electron chi connectivity index (χ3n) is 7.70. The summed E-state index contributed by atoms with van der Waals surface area (Å²) in [6.07, 6.45) is 6.56. The molecule has 0 amide bonds. The molecule has 0 radical (unpaired) electrons. The molecule has 1 saturated carbocycles. The predicted molar refractivity (Wildman–Crippen MR) is 148 cm³/mol. The molecule has 1 unspecified atom stereocenters. The fraction of sp³-hybridized carbons (Fsp3) is 0.394. The van der Waals surface area contributed by atoms with Gasteiger partial charge in [-0.15, -0.1) is 6.58 Å². The Balaban J connectivity index is 1.39. The number of rotatable bonds is 12. The standard InChI is InChI=1S/C33H36F4O3/c1-3-5-19-39-28-17-18-29(33(37)32(28)36)40-20-21-7-9-22(10-8-21)25-15-16-26(31(35)30(25)34)23-11-13-24(14-12-23)27(38)6-4-2/h3,7-10,15-18,23-24,27,38H,1,4-6,11-14,19-20H2,2H3. The molecular formula is C33H36F4O3. The molecule has 1 aliphatic rings. The summed E-state index contributed by atoms with van der Waals surface area (Å²) in [7, 11) is 0. The van der Waals surface area contributed by atoms with Crippen molar-refractivity contribution < 1.29 is 32.1 Å². The Labute approximate surface area is 233 Å². The lowest BCUT2D eigenvalue weighted by atomic mass is 9.75. The monoisotopic (exact) mass is 556 g/mol. The van der Waals surface area contributed by atoms with Gasteiger partial charge in [-0.25, -0.2) is 8.78 Å². The summed E-state index contributed by atoms with van der Waals surface area (Å²) in [6, 6.07) is 12.5. The Hall–Kier alpha value is -3.32. The molecule has 3 aromatic carbocycles. The molecule has 214 valence electrons. The van der Waals surface area contributed by atoms with Crippen molar-refractivity contribution in [3.05, 3.63) is 95.6 Å². The summed E-state index contributed by atoms with van der Waals surface area (Å²) in [4.78, 5) is 0. The first-order chi connectivity index (χ1) is 19.3. The van der Waals surface area contributed by atoms with Crippen molar-refractivity contribution in [2.24, 2.45) is 5.92 Å². The molecule has 4 rings (SSSR count). The molecule has 40 heavy (non-hydrogen) atoms. The van der Waals surface area contributed by atoms with Crippen molar-refractivity contribution in [2.75, 3.05) is 6.61 Å². The van der Waals surface area contributed by atoms with Crippen LogP contribution in [-0.4, -0.2) is 17.8 Å². The summed E-state index contributed by atoms with van der Waals surface area (Å²) in [6.45, 7) is 5.74. The number of aliphatic hydroxyl groups is 1. The minimum Gasteiger partial charge on any atom is -0.490 e. The molecule has 3 nitrogen and oxygen atoms in total. The zero-order valence-electron chi connectivity index (χ0n) is 22.8. The first-order valence-corrected chi connectivity index (χ1v) is 13.9. The molecule has 1 aliphatic carbocycles. The van der Waals surface area contributed by atoms with Crippen LogP contribution in [0.25, 0.3) is 11.1 Å². The number of hydrogen-bond donors (Lipinski definition) is 1. The lowest BCUT2D eigenvalue weighted by molar-refractivity contribution is 0.0727. The van der Waals surface area contributed by atoms with Crippen LogP contribution in [0.1, 0.15) is 68.9 Å². The van der Waals surface area contributed by atoms with E-state index in [4.69, 9.17) is 9.47 Å². The van der Waals surface area contributed by atoms with Gasteiger partial charge in [-0.3, -0.25) is 0 Å². The molecule has 1 N–H and O–H groups in total. The van der Waals surface area contributed by atoms with Crippen molar-refractivity contribution in [1.82, 2.24) is 0 Å². The van der Waals surface area contributed by atoms with Gasteiger partial charge in [-0.2, -0.15) is 8.78 Å². The smallest absolute Gasteiger partial charge is 0.204 e. The molecule has 0 saturated heterocycles. The van der Waals surface area contributed by atoms with Crippen molar-refractivity contribution >= 4 is 0 Å². The van der Waals surface area contributed by atoms with Crippen LogP contribution in [0.3, 0.4) is 0 Å². The summed E-state index contributed by atoms with van der Waals surface area (Å²) in [5.74, 6) is -4.27. The summed E-state index contributed by atoms with van der Waals surface area (Å²) in [5.41, 5.74) is 1.69. The highest BCUT2D eigenvalue weighted by molar-refractivity contribution is 5.65. The zero-order chi connectivity index (χ0) is 28.6. The zero-order valence-corrected chi connectivity index (χ0v) is 22.8. The lowest BCUT2D eigenvalue weighted by Crippen LogP contribution is -2.25. The van der Waals surface area contributed by atoms with Crippen LogP contribution >= 0.6 is 0 Å². The van der Waals surface area contributed by atoms with Crippen LogP contribution in [0.15, 0.2) is 61.2 Å². The predicted octanol–water partition coefficient (Wildman–Crippen LogP) is 8.88. The quantitative estimate of drug-likeness (QED) is 0.138. The van der Waals surface area contributed by atoms with E-state index in [-0.39, 0.29) is 48.2 Å². The molecule has 3 aromatic rings. The van der Waals surface area contributed by atoms with Gasteiger partial charge in [0.2, 0.25) is 11.6 Å². The van der Waals surface area contributed by atoms with Gasteiger partial charge >= 0.3 is 0 Å². The maximum Gasteiger partial charge on any atom is 0.204 e. The van der Waals surface area contributed by atoms with E-state index in [2.05, 4.69) is 6.58 Å². The summed E-state index contributed by atoms with van der Waals surface area (Å²) in [5, 5.41) is 10.3. The first kappa shape index (κ1) is 29.7. The average molecular weight is 557 g/mol. The van der Waals surface area contributed by atoms with E-state index < -0.39 is 23.3 Å². The van der Waals surface area contributed by atoms with Crippen molar-refractivity contribution in [1.29, 1.82) is 0 Å². The Morgan fingerprint density at radius 3 is 2.12 bits per heavy atom. The van der Waals surface area contributed by atoms with Crippen LogP contribution in [-0.2, 0) is 6.61 Å². The molecule has 1 atom stereocenters. The number of aliphatic hydroxyl groups excluding tert-OH is 1. The maximum atomic E-state index is 15.2. The normalized spacial score (nSPS) is 17.9. The van der Waals surface area contributed by atoms with E-state index in [0.717, 1.165) is 38.5 Å². The first-order valence-electron chi connectivity index (χ1n) is 13.9. The van der Waals surface area contributed by atoms with Crippen LogP contribution in [0.5, 0.6) is 11.5 Å². The fourth-order valence-corrected chi connectivity index (χ4v) is 5.38. The Bertz CT molecular complexity index is 1280. The maximum absolute atomic E-state index is 15.2. The van der Waals surface area contributed by atoms with Gasteiger partial charge in [-0.05, 0) is 79.2 Å². The van der Waals surface area contributed by atoms with E-state index in [1.165, 1.54) is 12.1 Å². The Morgan fingerprint density at radius 2 is 1.50 bits per heavy atom. The second-order valence-electron chi connectivity index (χ2n) is 10.4. The molecule has 0 spiro atoms. The van der Waals surface area contributed by atoms with Gasteiger partial charge in [0.05, 0.1) is 12.7 Å². The van der Waals surface area contributed by atoms with Gasteiger partial charge in [0, 0.05) is 5.56 Å². The Kier molecular flexibility index (Phi) is 10.3. The van der Waals surface area contributed by atoms with Gasteiger partial charge in [0.1, 0.15) is 6.61 Å². The summed E-state index contributed by atoms with van der Waals surface area (Å²) >= 11 is 0. The molecule has 7 heteroatoms. The second-order valence-corrected chi connectivity index (χ2v) is 10.4. The van der Waals surface area contributed by atoms with Crippen LogP contribution in [0, 0.1) is 29.2 Å². The fourth-order valence-electron chi connectivity index (χ4n) is 5.38. The minimum atomic E-state index is -1.14. The minimum absolute atomic E-state index is 0.0429. The number of halogens is 4. The van der Waals surface area contributed by atoms with E-state index in [0.29, 0.717) is 23.1 Å². The van der Waals surface area contributed by atoms with Crippen LogP contribution in [0.2, 0.25) is 0 Å². The van der Waals surface area contributed by atoms with Crippen molar-refractivity contribution in [3.63, 3.8) is 0 Å². The van der Waals surface area contributed by atoms with E-state index in [1.807, 2.05) is 6.92 Å². The second kappa shape index (κ2) is 13.8. The van der Waals surface area contributed by atoms with E-state index in [9.17, 15) is 13.9 Å². The number of benzene rings is 3. The van der Waals surface area contributed by atoms with Gasteiger partial charge < -0.3 is 14.6 Å².